The predicted molar refractivity (Wildman–Crippen MR) is 112 cm³/mol. The van der Waals surface area contributed by atoms with Crippen LogP contribution in [-0.4, -0.2) is 46.8 Å². The van der Waals surface area contributed by atoms with Gasteiger partial charge in [0, 0.05) is 12.2 Å². The molecule has 1 fully saturated rings. The molecule has 0 radical (unpaired) electrons. The molecule has 0 aliphatic carbocycles. The van der Waals surface area contributed by atoms with Gasteiger partial charge in [-0.05, 0) is 55.3 Å². The molecule has 0 bridgehead atoms. The number of benzene rings is 1. The van der Waals surface area contributed by atoms with E-state index in [0.717, 1.165) is 12.8 Å². The Morgan fingerprint density at radius 3 is 2.25 bits per heavy atom. The van der Waals surface area contributed by atoms with Crippen molar-refractivity contribution < 1.29 is 28.0 Å². The number of carbonyl (C=O) groups excluding carboxylic acids is 3. The molecule has 2 aromatic heterocycles. The van der Waals surface area contributed by atoms with Crippen LogP contribution in [0.25, 0.3) is 0 Å². The lowest BCUT2D eigenvalue weighted by Gasteiger charge is -2.21. The monoisotopic (exact) mass is 434 g/mol. The number of ether oxygens (including phenoxy) is 1. The quantitative estimate of drug-likeness (QED) is 0.529. The first-order valence-electron chi connectivity index (χ1n) is 10.6. The molecule has 1 aromatic carbocycles. The first kappa shape index (κ1) is 20.3. The first-order chi connectivity index (χ1) is 15.6. The highest BCUT2D eigenvalue weighted by atomic mass is 16.5. The summed E-state index contributed by atoms with van der Waals surface area (Å²) in [5, 5.41) is 0. The minimum absolute atomic E-state index is 0.129. The van der Waals surface area contributed by atoms with E-state index in [0.29, 0.717) is 29.3 Å². The first-order valence-corrected chi connectivity index (χ1v) is 10.6. The number of nitrogens with zero attached hydrogens (tertiary/aromatic N) is 2. The molecule has 0 spiro atoms. The van der Waals surface area contributed by atoms with Crippen molar-refractivity contribution >= 4 is 17.7 Å². The van der Waals surface area contributed by atoms with Gasteiger partial charge in [0.25, 0.3) is 17.7 Å². The van der Waals surface area contributed by atoms with Gasteiger partial charge in [0.05, 0.1) is 49.4 Å². The van der Waals surface area contributed by atoms with Crippen molar-refractivity contribution in [2.75, 3.05) is 13.2 Å². The number of hydrogen-bond acceptors (Lipinski definition) is 6. The zero-order chi connectivity index (χ0) is 22.1. The highest BCUT2D eigenvalue weighted by Crippen LogP contribution is 2.27. The molecule has 8 heteroatoms. The lowest BCUT2D eigenvalue weighted by Crippen LogP contribution is -2.36. The van der Waals surface area contributed by atoms with Gasteiger partial charge >= 0.3 is 0 Å². The van der Waals surface area contributed by atoms with Crippen molar-refractivity contribution in [1.29, 1.82) is 0 Å². The predicted octanol–water partition coefficient (Wildman–Crippen LogP) is 3.49. The second-order valence-corrected chi connectivity index (χ2v) is 7.94. The van der Waals surface area contributed by atoms with E-state index in [4.69, 9.17) is 13.6 Å². The van der Waals surface area contributed by atoms with Gasteiger partial charge in [-0.3, -0.25) is 19.3 Å². The molecule has 1 unspecified atom stereocenters. The average Bonchev–Trinajstić information content (AvgIpc) is 3.61. The van der Waals surface area contributed by atoms with Crippen LogP contribution < -0.4 is 0 Å². The molecular weight excluding hydrogens is 412 g/mol. The van der Waals surface area contributed by atoms with Gasteiger partial charge < -0.3 is 18.5 Å². The summed E-state index contributed by atoms with van der Waals surface area (Å²) in [7, 11) is 0. The maximum atomic E-state index is 13.4. The Kier molecular flexibility index (Phi) is 5.36. The number of rotatable bonds is 7. The number of amides is 3. The lowest BCUT2D eigenvalue weighted by atomic mass is 10.0. The summed E-state index contributed by atoms with van der Waals surface area (Å²) < 4.78 is 16.4. The number of hydrogen-bond donors (Lipinski definition) is 0. The molecule has 3 aromatic rings. The fraction of sp³-hybridized carbons (Fsp3) is 0.292. The minimum atomic E-state index is -0.390. The molecule has 5 rings (SSSR count). The van der Waals surface area contributed by atoms with Crippen LogP contribution in [0.4, 0.5) is 0 Å². The summed E-state index contributed by atoms with van der Waals surface area (Å²) >= 11 is 0. The molecular formula is C24H22N2O6. The van der Waals surface area contributed by atoms with Gasteiger partial charge in [0.15, 0.2) is 0 Å². The van der Waals surface area contributed by atoms with Crippen molar-refractivity contribution in [2.45, 2.75) is 32.0 Å². The number of furan rings is 2. The molecule has 32 heavy (non-hydrogen) atoms. The minimum Gasteiger partial charge on any atom is -0.467 e. The maximum Gasteiger partial charge on any atom is 0.261 e. The molecule has 0 saturated carbocycles. The van der Waals surface area contributed by atoms with E-state index in [9.17, 15) is 14.4 Å². The van der Waals surface area contributed by atoms with Crippen molar-refractivity contribution in [2.24, 2.45) is 0 Å². The summed E-state index contributed by atoms with van der Waals surface area (Å²) in [4.78, 5) is 41.9. The summed E-state index contributed by atoms with van der Waals surface area (Å²) in [6.45, 7) is 1.36. The lowest BCUT2D eigenvalue weighted by molar-refractivity contribution is 0.0475. The Hall–Kier alpha value is -3.65. The number of carbonyl (C=O) groups is 3. The van der Waals surface area contributed by atoms with Gasteiger partial charge in [-0.25, -0.2) is 0 Å². The molecule has 2 aliphatic heterocycles. The molecule has 8 nitrogen and oxygen atoms in total. The van der Waals surface area contributed by atoms with Crippen LogP contribution in [0.1, 0.15) is 55.4 Å². The summed E-state index contributed by atoms with van der Waals surface area (Å²) in [6.07, 6.45) is 4.72. The van der Waals surface area contributed by atoms with E-state index in [1.54, 1.807) is 53.8 Å². The van der Waals surface area contributed by atoms with Crippen molar-refractivity contribution in [3.05, 3.63) is 83.2 Å². The molecule has 1 atom stereocenters. The van der Waals surface area contributed by atoms with Crippen molar-refractivity contribution in [3.63, 3.8) is 0 Å². The summed E-state index contributed by atoms with van der Waals surface area (Å²) in [5.74, 6) is 0.222. The van der Waals surface area contributed by atoms with Gasteiger partial charge in [0.2, 0.25) is 0 Å². The van der Waals surface area contributed by atoms with Gasteiger partial charge in [0.1, 0.15) is 11.5 Å². The van der Waals surface area contributed by atoms with E-state index in [-0.39, 0.29) is 43.1 Å². The Morgan fingerprint density at radius 1 is 0.969 bits per heavy atom. The highest BCUT2D eigenvalue weighted by Gasteiger charge is 2.38. The van der Waals surface area contributed by atoms with Crippen LogP contribution in [0, 0.1) is 0 Å². The topological polar surface area (TPSA) is 93.2 Å². The second-order valence-electron chi connectivity index (χ2n) is 7.94. The molecule has 0 N–H and O–H groups in total. The Bertz CT molecular complexity index is 1090. The Morgan fingerprint density at radius 2 is 1.66 bits per heavy atom. The zero-order valence-corrected chi connectivity index (χ0v) is 17.4. The van der Waals surface area contributed by atoms with E-state index >= 15 is 0 Å². The standard InChI is InChI=1S/C24H22N2O6/c27-22(25(13-17-4-1-9-30-17)14-18-5-2-10-31-18)16-7-8-20-21(12-16)24(29)26(23(20)28)15-19-6-3-11-32-19/h1-2,4-5,7-10,12,19H,3,6,11,13-15H2. The van der Waals surface area contributed by atoms with E-state index in [2.05, 4.69) is 0 Å². The van der Waals surface area contributed by atoms with Crippen LogP contribution in [0.5, 0.6) is 0 Å². The molecule has 2 aliphatic rings. The zero-order valence-electron chi connectivity index (χ0n) is 17.4. The third kappa shape index (κ3) is 3.85. The average molecular weight is 434 g/mol. The second kappa shape index (κ2) is 8.47. The fourth-order valence-corrected chi connectivity index (χ4v) is 4.14. The number of fused-ring (bicyclic) bond motifs is 1. The molecule has 1 saturated heterocycles. The summed E-state index contributed by atoms with van der Waals surface area (Å²) in [5.41, 5.74) is 0.880. The van der Waals surface area contributed by atoms with E-state index in [1.807, 2.05) is 0 Å². The molecule has 4 heterocycles. The van der Waals surface area contributed by atoms with Crippen LogP contribution in [0.2, 0.25) is 0 Å². The molecule has 164 valence electrons. The van der Waals surface area contributed by atoms with E-state index < -0.39 is 5.91 Å². The maximum absolute atomic E-state index is 13.4. The van der Waals surface area contributed by atoms with Gasteiger partial charge in [-0.1, -0.05) is 0 Å². The fourth-order valence-electron chi connectivity index (χ4n) is 4.14. The number of imide groups is 1. The van der Waals surface area contributed by atoms with Crippen LogP contribution in [-0.2, 0) is 17.8 Å². The summed E-state index contributed by atoms with van der Waals surface area (Å²) in [6, 6.07) is 11.7. The van der Waals surface area contributed by atoms with Gasteiger partial charge in [-0.2, -0.15) is 0 Å². The third-order valence-corrected chi connectivity index (χ3v) is 5.77. The normalized spacial score (nSPS) is 17.8. The van der Waals surface area contributed by atoms with E-state index in [1.165, 1.54) is 11.0 Å². The third-order valence-electron chi connectivity index (χ3n) is 5.77. The van der Waals surface area contributed by atoms with Crippen LogP contribution in [0.15, 0.2) is 63.8 Å². The van der Waals surface area contributed by atoms with Crippen molar-refractivity contribution in [1.82, 2.24) is 9.80 Å². The smallest absolute Gasteiger partial charge is 0.261 e. The SMILES string of the molecule is O=C(c1ccc2c(c1)C(=O)N(CC1CCCO1)C2=O)N(Cc1ccco1)Cc1ccco1. The van der Waals surface area contributed by atoms with Crippen LogP contribution in [0.3, 0.4) is 0 Å². The Labute approximate surface area is 184 Å². The highest BCUT2D eigenvalue weighted by molar-refractivity contribution is 6.22. The Balaban J connectivity index is 1.39. The molecule has 3 amide bonds. The largest absolute Gasteiger partial charge is 0.467 e. The van der Waals surface area contributed by atoms with Gasteiger partial charge in [-0.15, -0.1) is 0 Å². The van der Waals surface area contributed by atoms with Crippen LogP contribution >= 0.6 is 0 Å². The van der Waals surface area contributed by atoms with Crippen molar-refractivity contribution in [3.8, 4) is 0 Å².